The first kappa shape index (κ1) is 32.7. The second-order valence-corrected chi connectivity index (χ2v) is 12.5. The molecule has 234 valence electrons. The SMILES string of the molecule is COc1cc2sc(C(=O)C[C@H](C)C(=O)O)cc2cc1NCCCOc1c(OC)cc2sc(C(=O)C[C@H](C)C(=O)O)cc2c1F. The first-order valence-corrected chi connectivity index (χ1v) is 15.4. The van der Waals surface area contributed by atoms with Crippen molar-refractivity contribution >= 4 is 72.0 Å². The van der Waals surface area contributed by atoms with Gasteiger partial charge in [0.15, 0.2) is 28.9 Å². The molecule has 10 nitrogen and oxygen atoms in total. The molecule has 2 heterocycles. The van der Waals surface area contributed by atoms with E-state index in [9.17, 15) is 19.2 Å². The van der Waals surface area contributed by atoms with Crippen LogP contribution in [0.25, 0.3) is 20.2 Å². The molecule has 0 unspecified atom stereocenters. The van der Waals surface area contributed by atoms with Crippen LogP contribution in [0.15, 0.2) is 30.3 Å². The van der Waals surface area contributed by atoms with Crippen molar-refractivity contribution < 1.29 is 48.0 Å². The highest BCUT2D eigenvalue weighted by Crippen LogP contribution is 2.41. The Kier molecular flexibility index (Phi) is 10.4. The number of nitrogens with one attached hydrogen (secondary N) is 1. The first-order valence-electron chi connectivity index (χ1n) is 13.7. The van der Waals surface area contributed by atoms with Gasteiger partial charge in [-0.15, -0.1) is 22.7 Å². The maximum absolute atomic E-state index is 15.5. The van der Waals surface area contributed by atoms with Gasteiger partial charge in [0.25, 0.3) is 0 Å². The normalized spacial score (nSPS) is 12.6. The third kappa shape index (κ3) is 7.28. The van der Waals surface area contributed by atoms with Crippen LogP contribution in [0.3, 0.4) is 0 Å². The monoisotopic (exact) mass is 645 g/mol. The third-order valence-corrected chi connectivity index (χ3v) is 9.26. The average molecular weight is 646 g/mol. The van der Waals surface area contributed by atoms with Crippen LogP contribution < -0.4 is 19.5 Å². The zero-order chi connectivity index (χ0) is 32.1. The van der Waals surface area contributed by atoms with Crippen LogP contribution in [0.2, 0.25) is 0 Å². The standard InChI is InChI=1S/C31H32FNO9S2/c1-15(30(36)37)8-20(34)26-11-17-10-19(22(40-3)13-24(17)43-26)33-6-5-7-42-29-23(41-4)14-25-18(28(29)32)12-27(44-25)21(35)9-16(2)31(38)39/h10-16,33H,5-9H2,1-4H3,(H,36,37)(H,38,39)/t15-,16-/m0/s1. The van der Waals surface area contributed by atoms with Gasteiger partial charge in [0.1, 0.15) is 5.75 Å². The fourth-order valence-electron chi connectivity index (χ4n) is 4.44. The van der Waals surface area contributed by atoms with Crippen molar-refractivity contribution in [3.05, 3.63) is 45.9 Å². The number of carboxylic acid groups (broad SMARTS) is 2. The molecule has 3 N–H and O–H groups in total. The molecule has 0 fully saturated rings. The molecule has 0 saturated heterocycles. The molecular weight excluding hydrogens is 613 g/mol. The van der Waals surface area contributed by atoms with Gasteiger partial charge in [-0.3, -0.25) is 19.2 Å². The Bertz CT molecular complexity index is 1730. The van der Waals surface area contributed by atoms with Gasteiger partial charge in [-0.25, -0.2) is 4.39 Å². The molecule has 4 rings (SSSR count). The molecule has 2 aromatic carbocycles. The summed E-state index contributed by atoms with van der Waals surface area (Å²) in [4.78, 5) is 48.1. The maximum atomic E-state index is 15.5. The number of anilines is 1. The van der Waals surface area contributed by atoms with E-state index >= 15 is 4.39 Å². The van der Waals surface area contributed by atoms with E-state index in [1.54, 1.807) is 12.1 Å². The number of hydrogen-bond acceptors (Lipinski definition) is 10. The number of fused-ring (bicyclic) bond motifs is 2. The molecule has 2 aromatic heterocycles. The highest BCUT2D eigenvalue weighted by molar-refractivity contribution is 7.21. The number of halogens is 1. The predicted octanol–water partition coefficient (Wildman–Crippen LogP) is 6.74. The van der Waals surface area contributed by atoms with E-state index < -0.39 is 29.6 Å². The highest BCUT2D eigenvalue weighted by atomic mass is 32.1. The molecule has 0 spiro atoms. The van der Waals surface area contributed by atoms with Crippen molar-refractivity contribution in [1.82, 2.24) is 0 Å². The van der Waals surface area contributed by atoms with Crippen molar-refractivity contribution in [1.29, 1.82) is 0 Å². The van der Waals surface area contributed by atoms with Gasteiger partial charge in [0, 0.05) is 46.3 Å². The number of rotatable bonds is 16. The largest absolute Gasteiger partial charge is 0.495 e. The van der Waals surface area contributed by atoms with Gasteiger partial charge in [-0.1, -0.05) is 13.8 Å². The van der Waals surface area contributed by atoms with Crippen LogP contribution in [0.5, 0.6) is 17.2 Å². The maximum Gasteiger partial charge on any atom is 0.306 e. The Morgan fingerprint density at radius 1 is 0.841 bits per heavy atom. The number of carboxylic acids is 2. The van der Waals surface area contributed by atoms with E-state index in [1.165, 1.54) is 45.5 Å². The van der Waals surface area contributed by atoms with Gasteiger partial charge in [-0.2, -0.15) is 0 Å². The Morgan fingerprint density at radius 2 is 1.41 bits per heavy atom. The van der Waals surface area contributed by atoms with E-state index in [-0.39, 0.29) is 52.8 Å². The minimum atomic E-state index is -1.08. The number of benzene rings is 2. The Labute approximate surface area is 260 Å². The van der Waals surface area contributed by atoms with Crippen LogP contribution in [0.4, 0.5) is 10.1 Å². The summed E-state index contributed by atoms with van der Waals surface area (Å²) >= 11 is 2.35. The summed E-state index contributed by atoms with van der Waals surface area (Å²) < 4.78 is 33.4. The second kappa shape index (κ2) is 14.0. The van der Waals surface area contributed by atoms with Crippen molar-refractivity contribution in [2.24, 2.45) is 11.8 Å². The fraction of sp³-hybridized carbons (Fsp3) is 0.355. The smallest absolute Gasteiger partial charge is 0.306 e. The topological polar surface area (TPSA) is 148 Å². The van der Waals surface area contributed by atoms with Crippen molar-refractivity contribution in [3.63, 3.8) is 0 Å². The molecule has 44 heavy (non-hydrogen) atoms. The first-order chi connectivity index (χ1) is 20.9. The zero-order valence-electron chi connectivity index (χ0n) is 24.5. The minimum absolute atomic E-state index is 0.0811. The number of carbonyl (C=O) groups is 4. The Hall–Kier alpha value is -4.23. The van der Waals surface area contributed by atoms with E-state index in [4.69, 9.17) is 24.4 Å². The number of ketones is 2. The number of Topliss-reactive ketones (excluding diaryl/α,β-unsaturated/α-hetero) is 2. The van der Waals surface area contributed by atoms with Crippen molar-refractivity contribution in [3.8, 4) is 17.2 Å². The lowest BCUT2D eigenvalue weighted by atomic mass is 10.0. The van der Waals surface area contributed by atoms with E-state index in [1.807, 2.05) is 12.1 Å². The lowest BCUT2D eigenvalue weighted by molar-refractivity contribution is -0.141. The molecule has 0 aliphatic carbocycles. The van der Waals surface area contributed by atoms with Crippen molar-refractivity contribution in [2.75, 3.05) is 32.7 Å². The molecule has 4 aromatic rings. The number of hydrogen-bond donors (Lipinski definition) is 3. The van der Waals surface area contributed by atoms with Gasteiger partial charge in [0.05, 0.1) is 48.1 Å². The molecule has 0 saturated carbocycles. The quantitative estimate of drug-likeness (QED) is 0.0884. The number of thiophene rings is 2. The Balaban J connectivity index is 1.41. The van der Waals surface area contributed by atoms with E-state index in [0.29, 0.717) is 34.0 Å². The average Bonchev–Trinajstić information content (AvgIpc) is 3.61. The molecule has 0 amide bonds. The van der Waals surface area contributed by atoms with Gasteiger partial charge in [-0.05, 0) is 30.0 Å². The summed E-state index contributed by atoms with van der Waals surface area (Å²) in [6.07, 6.45) is 0.204. The van der Waals surface area contributed by atoms with Crippen LogP contribution in [0, 0.1) is 17.7 Å². The molecule has 0 aliphatic heterocycles. The second-order valence-electron chi connectivity index (χ2n) is 10.3. The van der Waals surface area contributed by atoms with Crippen LogP contribution >= 0.6 is 22.7 Å². The van der Waals surface area contributed by atoms with Crippen LogP contribution in [-0.2, 0) is 9.59 Å². The number of ether oxygens (including phenoxy) is 3. The van der Waals surface area contributed by atoms with E-state index in [2.05, 4.69) is 5.32 Å². The summed E-state index contributed by atoms with van der Waals surface area (Å²) in [5.41, 5.74) is 0.688. The molecule has 0 bridgehead atoms. The summed E-state index contributed by atoms with van der Waals surface area (Å²) in [7, 11) is 2.92. The summed E-state index contributed by atoms with van der Waals surface area (Å²) in [6, 6.07) is 8.42. The zero-order valence-corrected chi connectivity index (χ0v) is 26.2. The minimum Gasteiger partial charge on any atom is -0.495 e. The number of methoxy groups -OCH3 is 2. The lowest BCUT2D eigenvalue weighted by Gasteiger charge is -2.14. The van der Waals surface area contributed by atoms with E-state index in [0.717, 1.165) is 21.4 Å². The molecular formula is C31H32FNO9S2. The highest BCUT2D eigenvalue weighted by Gasteiger charge is 2.23. The molecule has 2 atom stereocenters. The fourth-order valence-corrected chi connectivity index (χ4v) is 6.49. The van der Waals surface area contributed by atoms with Crippen LogP contribution in [0.1, 0.15) is 52.5 Å². The summed E-state index contributed by atoms with van der Waals surface area (Å²) in [5, 5.41) is 22.5. The molecule has 0 radical (unpaired) electrons. The van der Waals surface area contributed by atoms with Gasteiger partial charge < -0.3 is 29.7 Å². The number of aliphatic carboxylic acids is 2. The predicted molar refractivity (Wildman–Crippen MR) is 167 cm³/mol. The Morgan fingerprint density at radius 3 is 2.00 bits per heavy atom. The lowest BCUT2D eigenvalue weighted by Crippen LogP contribution is -2.13. The summed E-state index contributed by atoms with van der Waals surface area (Å²) in [5.74, 6) is -4.33. The van der Waals surface area contributed by atoms with Gasteiger partial charge in [0.2, 0.25) is 0 Å². The van der Waals surface area contributed by atoms with Crippen LogP contribution in [-0.4, -0.2) is 61.1 Å². The third-order valence-electron chi connectivity index (χ3n) is 7.00. The molecule has 13 heteroatoms. The molecule has 0 aliphatic rings. The van der Waals surface area contributed by atoms with Gasteiger partial charge >= 0.3 is 11.9 Å². The van der Waals surface area contributed by atoms with Crippen molar-refractivity contribution in [2.45, 2.75) is 33.1 Å². The summed E-state index contributed by atoms with van der Waals surface area (Å²) in [6.45, 7) is 3.53. The number of carbonyl (C=O) groups excluding carboxylic acids is 2.